The number of rotatable bonds is 1. The fourth-order valence-corrected chi connectivity index (χ4v) is 1.21. The van der Waals surface area contributed by atoms with Crippen LogP contribution in [0.25, 0.3) is 0 Å². The van der Waals surface area contributed by atoms with E-state index < -0.39 is 0 Å². The molecule has 1 fully saturated rings. The second-order valence-corrected chi connectivity index (χ2v) is 5.03. The highest BCUT2D eigenvalue weighted by Gasteiger charge is 2.35. The van der Waals surface area contributed by atoms with E-state index in [1.165, 1.54) is 0 Å². The Labute approximate surface area is 72.6 Å². The van der Waals surface area contributed by atoms with Crippen LogP contribution in [0.2, 0.25) is 0 Å². The number of hydrogen-bond donors (Lipinski definition) is 0. The molecule has 0 unspecified atom stereocenters. The van der Waals surface area contributed by atoms with Gasteiger partial charge in [-0.3, -0.25) is 0 Å². The molecule has 66 valence electrons. The molecule has 0 aromatic heterocycles. The van der Waals surface area contributed by atoms with Crippen LogP contribution in [0.15, 0.2) is 0 Å². The predicted octanol–water partition coefficient (Wildman–Crippen LogP) is 1.89. The van der Waals surface area contributed by atoms with E-state index >= 15 is 0 Å². The quantitative estimate of drug-likeness (QED) is 0.608. The summed E-state index contributed by atoms with van der Waals surface area (Å²) in [6, 6.07) is 0. The smallest absolute Gasteiger partial charge is 0.162 e. The Balaban J connectivity index is 2.48. The van der Waals surface area contributed by atoms with Crippen LogP contribution in [-0.2, 0) is 9.47 Å². The normalized spacial score (nSPS) is 28.4. The van der Waals surface area contributed by atoms with Gasteiger partial charge in [-0.25, -0.2) is 0 Å². The third kappa shape index (κ3) is 2.36. The van der Waals surface area contributed by atoms with Crippen molar-refractivity contribution in [2.24, 2.45) is 0 Å². The van der Waals surface area contributed by atoms with E-state index in [9.17, 15) is 0 Å². The lowest BCUT2D eigenvalue weighted by molar-refractivity contribution is -0.253. The minimum Gasteiger partial charge on any atom is -0.349 e. The Kier molecular flexibility index (Phi) is 2.52. The standard InChI is InChI=1S/C8H16O2S/c1-7(2)9-5-8(3,11-4)6-10-7/h5-6H2,1-4H3. The van der Waals surface area contributed by atoms with E-state index in [0.717, 1.165) is 13.2 Å². The molecule has 1 aliphatic heterocycles. The molecule has 3 heteroatoms. The van der Waals surface area contributed by atoms with E-state index in [2.05, 4.69) is 13.2 Å². The van der Waals surface area contributed by atoms with Gasteiger partial charge in [-0.15, -0.1) is 0 Å². The van der Waals surface area contributed by atoms with Gasteiger partial charge in [0.05, 0.1) is 18.0 Å². The van der Waals surface area contributed by atoms with Gasteiger partial charge in [0.25, 0.3) is 0 Å². The molecule has 0 radical (unpaired) electrons. The maximum absolute atomic E-state index is 5.53. The third-order valence-corrected chi connectivity index (χ3v) is 3.16. The Bertz CT molecular complexity index is 135. The van der Waals surface area contributed by atoms with Crippen molar-refractivity contribution in [2.75, 3.05) is 19.5 Å². The first-order chi connectivity index (χ1) is 4.97. The number of hydrogen-bond acceptors (Lipinski definition) is 3. The monoisotopic (exact) mass is 176 g/mol. The topological polar surface area (TPSA) is 18.5 Å². The summed E-state index contributed by atoms with van der Waals surface area (Å²) in [6.07, 6.45) is 2.09. The van der Waals surface area contributed by atoms with Gasteiger partial charge in [0.1, 0.15) is 0 Å². The average molecular weight is 176 g/mol. The van der Waals surface area contributed by atoms with E-state index in [1.807, 2.05) is 13.8 Å². The molecule has 1 saturated heterocycles. The Morgan fingerprint density at radius 1 is 1.09 bits per heavy atom. The molecule has 11 heavy (non-hydrogen) atoms. The van der Waals surface area contributed by atoms with Crippen molar-refractivity contribution in [1.82, 2.24) is 0 Å². The first-order valence-electron chi connectivity index (χ1n) is 3.81. The molecule has 0 atom stereocenters. The first kappa shape index (κ1) is 9.36. The van der Waals surface area contributed by atoms with Gasteiger partial charge in [0, 0.05) is 0 Å². The van der Waals surface area contributed by atoms with Gasteiger partial charge >= 0.3 is 0 Å². The van der Waals surface area contributed by atoms with Crippen LogP contribution >= 0.6 is 11.8 Å². The summed E-state index contributed by atoms with van der Waals surface area (Å²) in [5, 5.41) is 0. The molecule has 0 saturated carbocycles. The Morgan fingerprint density at radius 2 is 1.55 bits per heavy atom. The molecule has 1 heterocycles. The molecule has 0 N–H and O–H groups in total. The highest BCUT2D eigenvalue weighted by atomic mass is 32.2. The van der Waals surface area contributed by atoms with Gasteiger partial charge < -0.3 is 9.47 Å². The van der Waals surface area contributed by atoms with Crippen molar-refractivity contribution in [3.05, 3.63) is 0 Å². The number of thioether (sulfide) groups is 1. The Morgan fingerprint density at radius 3 is 1.91 bits per heavy atom. The molecular weight excluding hydrogens is 160 g/mol. The van der Waals surface area contributed by atoms with Crippen molar-refractivity contribution in [1.29, 1.82) is 0 Å². The summed E-state index contributed by atoms with van der Waals surface area (Å²) in [4.78, 5) is 0. The van der Waals surface area contributed by atoms with Crippen LogP contribution in [0.5, 0.6) is 0 Å². The number of ether oxygens (including phenoxy) is 2. The lowest BCUT2D eigenvalue weighted by Gasteiger charge is -2.40. The summed E-state index contributed by atoms with van der Waals surface area (Å²) < 4.78 is 11.2. The molecule has 0 aromatic rings. The van der Waals surface area contributed by atoms with E-state index in [-0.39, 0.29) is 10.5 Å². The second kappa shape index (κ2) is 2.96. The molecule has 0 bridgehead atoms. The maximum Gasteiger partial charge on any atom is 0.162 e. The first-order valence-corrected chi connectivity index (χ1v) is 5.03. The highest BCUT2D eigenvalue weighted by Crippen LogP contribution is 2.31. The SMILES string of the molecule is CSC1(C)COC(C)(C)OC1. The molecule has 1 rings (SSSR count). The van der Waals surface area contributed by atoms with Crippen LogP contribution < -0.4 is 0 Å². The van der Waals surface area contributed by atoms with Crippen molar-refractivity contribution in [3.63, 3.8) is 0 Å². The Hall–Kier alpha value is 0.270. The molecule has 0 aromatic carbocycles. The predicted molar refractivity (Wildman–Crippen MR) is 47.9 cm³/mol. The van der Waals surface area contributed by atoms with Crippen LogP contribution in [0.4, 0.5) is 0 Å². The molecular formula is C8H16O2S. The average Bonchev–Trinajstić information content (AvgIpc) is 1.97. The van der Waals surface area contributed by atoms with E-state index in [0.29, 0.717) is 0 Å². The lowest BCUT2D eigenvalue weighted by Crippen LogP contribution is -2.47. The van der Waals surface area contributed by atoms with Crippen molar-refractivity contribution < 1.29 is 9.47 Å². The lowest BCUT2D eigenvalue weighted by atomic mass is 10.1. The van der Waals surface area contributed by atoms with E-state index in [4.69, 9.17) is 9.47 Å². The zero-order chi connectivity index (χ0) is 8.54. The fourth-order valence-electron chi connectivity index (χ4n) is 0.854. The zero-order valence-corrected chi connectivity index (χ0v) is 8.46. The maximum atomic E-state index is 5.53. The van der Waals surface area contributed by atoms with Crippen molar-refractivity contribution >= 4 is 11.8 Å². The summed E-state index contributed by atoms with van der Waals surface area (Å²) >= 11 is 1.80. The molecule has 2 nitrogen and oxygen atoms in total. The summed E-state index contributed by atoms with van der Waals surface area (Å²) in [7, 11) is 0. The summed E-state index contributed by atoms with van der Waals surface area (Å²) in [5.41, 5.74) is 0. The van der Waals surface area contributed by atoms with E-state index in [1.54, 1.807) is 11.8 Å². The van der Waals surface area contributed by atoms with Crippen LogP contribution in [0.3, 0.4) is 0 Å². The second-order valence-electron chi connectivity index (χ2n) is 3.63. The van der Waals surface area contributed by atoms with Gasteiger partial charge in [-0.05, 0) is 27.0 Å². The van der Waals surface area contributed by atoms with Gasteiger partial charge in [0.15, 0.2) is 5.79 Å². The largest absolute Gasteiger partial charge is 0.349 e. The third-order valence-electron chi connectivity index (χ3n) is 1.94. The van der Waals surface area contributed by atoms with Crippen molar-refractivity contribution in [2.45, 2.75) is 31.3 Å². The minimum atomic E-state index is -0.380. The van der Waals surface area contributed by atoms with Crippen LogP contribution in [0, 0.1) is 0 Å². The summed E-state index contributed by atoms with van der Waals surface area (Å²) in [5.74, 6) is -0.380. The highest BCUT2D eigenvalue weighted by molar-refractivity contribution is 8.00. The van der Waals surface area contributed by atoms with Gasteiger partial charge in [-0.2, -0.15) is 11.8 Å². The van der Waals surface area contributed by atoms with Crippen molar-refractivity contribution in [3.8, 4) is 0 Å². The fraction of sp³-hybridized carbons (Fsp3) is 1.00. The molecule has 1 aliphatic rings. The van der Waals surface area contributed by atoms with Gasteiger partial charge in [0.2, 0.25) is 0 Å². The minimum absolute atomic E-state index is 0.148. The molecule has 0 spiro atoms. The molecule has 0 amide bonds. The van der Waals surface area contributed by atoms with Crippen LogP contribution in [-0.4, -0.2) is 30.0 Å². The molecule has 0 aliphatic carbocycles. The summed E-state index contributed by atoms with van der Waals surface area (Å²) in [6.45, 7) is 7.62. The van der Waals surface area contributed by atoms with Gasteiger partial charge in [-0.1, -0.05) is 0 Å². The zero-order valence-electron chi connectivity index (χ0n) is 7.64. The van der Waals surface area contributed by atoms with Crippen LogP contribution in [0.1, 0.15) is 20.8 Å².